The molecule has 152 valence electrons. The SMILES string of the molecule is Cn1c(=O)c2[nH]c(C3CCCN(C(=O)COc4ccccc4)C3)nc2n(C)c1=O. The van der Waals surface area contributed by atoms with Gasteiger partial charge in [-0.1, -0.05) is 18.2 Å². The van der Waals surface area contributed by atoms with Crippen molar-refractivity contribution in [3.8, 4) is 5.75 Å². The summed E-state index contributed by atoms with van der Waals surface area (Å²) < 4.78 is 7.99. The van der Waals surface area contributed by atoms with Crippen LogP contribution in [0.3, 0.4) is 0 Å². The minimum absolute atomic E-state index is 0.0219. The quantitative estimate of drug-likeness (QED) is 0.700. The largest absolute Gasteiger partial charge is 0.484 e. The summed E-state index contributed by atoms with van der Waals surface area (Å²) in [5.74, 6) is 1.16. The molecule has 29 heavy (non-hydrogen) atoms. The molecule has 9 nitrogen and oxygen atoms in total. The molecule has 0 radical (unpaired) electrons. The van der Waals surface area contributed by atoms with Crippen molar-refractivity contribution in [3.05, 3.63) is 57.0 Å². The number of aromatic nitrogens is 4. The number of carbonyl (C=O) groups is 1. The highest BCUT2D eigenvalue weighted by atomic mass is 16.5. The number of rotatable bonds is 4. The van der Waals surface area contributed by atoms with E-state index in [1.807, 2.05) is 30.3 Å². The first-order chi connectivity index (χ1) is 14.0. The molecule has 1 aliphatic heterocycles. The van der Waals surface area contributed by atoms with Crippen LogP contribution in [0.25, 0.3) is 11.2 Å². The van der Waals surface area contributed by atoms with Gasteiger partial charge < -0.3 is 14.6 Å². The zero-order valence-electron chi connectivity index (χ0n) is 16.4. The number of aryl methyl sites for hydroxylation is 1. The van der Waals surface area contributed by atoms with Crippen LogP contribution in [0.15, 0.2) is 39.9 Å². The van der Waals surface area contributed by atoms with Gasteiger partial charge >= 0.3 is 5.69 Å². The molecule has 0 aliphatic carbocycles. The summed E-state index contributed by atoms with van der Waals surface area (Å²) in [6.07, 6.45) is 1.67. The molecule has 0 bridgehead atoms. The summed E-state index contributed by atoms with van der Waals surface area (Å²) in [4.78, 5) is 46.5. The Morgan fingerprint density at radius 3 is 2.72 bits per heavy atom. The van der Waals surface area contributed by atoms with Crippen LogP contribution in [0.1, 0.15) is 24.6 Å². The predicted molar refractivity (Wildman–Crippen MR) is 107 cm³/mol. The van der Waals surface area contributed by atoms with Crippen molar-refractivity contribution in [2.24, 2.45) is 14.1 Å². The summed E-state index contributed by atoms with van der Waals surface area (Å²) in [5, 5.41) is 0. The lowest BCUT2D eigenvalue weighted by Gasteiger charge is -2.31. The minimum atomic E-state index is -0.418. The second-order valence-corrected chi connectivity index (χ2v) is 7.31. The number of imidazole rings is 1. The Bertz CT molecular complexity index is 1160. The lowest BCUT2D eigenvalue weighted by molar-refractivity contribution is -0.134. The number of nitrogens with one attached hydrogen (secondary N) is 1. The molecule has 1 unspecified atom stereocenters. The maximum atomic E-state index is 12.6. The third-order valence-corrected chi connectivity index (χ3v) is 5.38. The van der Waals surface area contributed by atoms with Crippen LogP contribution >= 0.6 is 0 Å². The number of benzene rings is 1. The van der Waals surface area contributed by atoms with E-state index in [0.717, 1.165) is 17.4 Å². The van der Waals surface area contributed by atoms with Crippen LogP contribution in [0, 0.1) is 0 Å². The molecule has 4 rings (SSSR count). The molecular formula is C20H23N5O4. The van der Waals surface area contributed by atoms with E-state index in [-0.39, 0.29) is 18.4 Å². The first-order valence-electron chi connectivity index (χ1n) is 9.57. The number of fused-ring (bicyclic) bond motifs is 1. The Labute approximate surface area is 166 Å². The standard InChI is InChI=1S/C20H23N5O4/c1-23-18-16(19(27)24(2)20(23)28)21-17(22-18)13-7-6-10-25(11-13)15(26)12-29-14-8-4-3-5-9-14/h3-5,8-9,13H,6-7,10-12H2,1-2H3,(H,21,22). The number of hydrogen-bond donors (Lipinski definition) is 1. The molecule has 1 aliphatic rings. The Morgan fingerprint density at radius 1 is 1.21 bits per heavy atom. The van der Waals surface area contributed by atoms with Crippen molar-refractivity contribution >= 4 is 17.1 Å². The summed E-state index contributed by atoms with van der Waals surface area (Å²) in [5.41, 5.74) is -0.176. The normalized spacial score (nSPS) is 16.9. The molecule has 1 aromatic carbocycles. The fourth-order valence-corrected chi connectivity index (χ4v) is 3.72. The van der Waals surface area contributed by atoms with Gasteiger partial charge in [0.25, 0.3) is 11.5 Å². The zero-order valence-corrected chi connectivity index (χ0v) is 16.4. The van der Waals surface area contributed by atoms with Gasteiger partial charge in [0.15, 0.2) is 12.3 Å². The number of para-hydroxylation sites is 1. The monoisotopic (exact) mass is 397 g/mol. The van der Waals surface area contributed by atoms with Crippen molar-refractivity contribution in [1.82, 2.24) is 24.0 Å². The number of piperidine rings is 1. The van der Waals surface area contributed by atoms with Gasteiger partial charge in [0, 0.05) is 33.1 Å². The number of amides is 1. The second kappa shape index (κ2) is 7.57. The summed E-state index contributed by atoms with van der Waals surface area (Å²) in [6.45, 7) is 1.13. The molecule has 3 heterocycles. The average Bonchev–Trinajstić information content (AvgIpc) is 3.21. The number of ether oxygens (including phenoxy) is 1. The Morgan fingerprint density at radius 2 is 1.97 bits per heavy atom. The van der Waals surface area contributed by atoms with Gasteiger partial charge in [0.1, 0.15) is 17.1 Å². The number of carbonyl (C=O) groups excluding carboxylic acids is 1. The van der Waals surface area contributed by atoms with Crippen LogP contribution < -0.4 is 16.0 Å². The molecule has 1 N–H and O–H groups in total. The van der Waals surface area contributed by atoms with Crippen molar-refractivity contribution < 1.29 is 9.53 Å². The maximum absolute atomic E-state index is 12.6. The molecule has 3 aromatic rings. The second-order valence-electron chi connectivity index (χ2n) is 7.31. The fraction of sp³-hybridized carbons (Fsp3) is 0.400. The summed E-state index contributed by atoms with van der Waals surface area (Å²) >= 11 is 0. The highest BCUT2D eigenvalue weighted by Gasteiger charge is 2.28. The minimum Gasteiger partial charge on any atom is -0.484 e. The maximum Gasteiger partial charge on any atom is 0.332 e. The molecule has 1 fully saturated rings. The van der Waals surface area contributed by atoms with E-state index < -0.39 is 11.2 Å². The highest BCUT2D eigenvalue weighted by molar-refractivity contribution is 5.78. The van der Waals surface area contributed by atoms with Crippen LogP contribution in [0.2, 0.25) is 0 Å². The van der Waals surface area contributed by atoms with E-state index in [0.29, 0.717) is 35.8 Å². The van der Waals surface area contributed by atoms with Gasteiger partial charge in [0.05, 0.1) is 0 Å². The van der Waals surface area contributed by atoms with Gasteiger partial charge in [-0.25, -0.2) is 9.78 Å². The van der Waals surface area contributed by atoms with Crippen molar-refractivity contribution in [3.63, 3.8) is 0 Å². The van der Waals surface area contributed by atoms with Gasteiger partial charge in [-0.05, 0) is 25.0 Å². The van der Waals surface area contributed by atoms with Gasteiger partial charge in [0.2, 0.25) is 0 Å². The highest BCUT2D eigenvalue weighted by Crippen LogP contribution is 2.26. The smallest absolute Gasteiger partial charge is 0.332 e. The molecular weight excluding hydrogens is 374 g/mol. The number of hydrogen-bond acceptors (Lipinski definition) is 5. The van der Waals surface area contributed by atoms with E-state index >= 15 is 0 Å². The van der Waals surface area contributed by atoms with E-state index in [1.165, 1.54) is 11.6 Å². The zero-order chi connectivity index (χ0) is 20.5. The van der Waals surface area contributed by atoms with E-state index in [9.17, 15) is 14.4 Å². The molecule has 1 saturated heterocycles. The Balaban J connectivity index is 1.52. The first-order valence-corrected chi connectivity index (χ1v) is 9.57. The topological polar surface area (TPSA) is 102 Å². The van der Waals surface area contributed by atoms with Gasteiger partial charge in [-0.2, -0.15) is 0 Å². The molecule has 1 atom stereocenters. The van der Waals surface area contributed by atoms with Crippen LogP contribution in [0.5, 0.6) is 5.75 Å². The van der Waals surface area contributed by atoms with Crippen molar-refractivity contribution in [1.29, 1.82) is 0 Å². The average molecular weight is 397 g/mol. The van der Waals surface area contributed by atoms with Gasteiger partial charge in [-0.3, -0.25) is 18.7 Å². The first kappa shape index (κ1) is 19.0. The number of likely N-dealkylation sites (tertiary alicyclic amines) is 1. The molecule has 0 saturated carbocycles. The fourth-order valence-electron chi connectivity index (χ4n) is 3.72. The van der Waals surface area contributed by atoms with E-state index in [1.54, 1.807) is 11.9 Å². The van der Waals surface area contributed by atoms with E-state index in [2.05, 4.69) is 9.97 Å². The lowest BCUT2D eigenvalue weighted by Crippen LogP contribution is -2.41. The van der Waals surface area contributed by atoms with Crippen molar-refractivity contribution in [2.45, 2.75) is 18.8 Å². The summed E-state index contributed by atoms with van der Waals surface area (Å²) in [7, 11) is 3.03. The van der Waals surface area contributed by atoms with Crippen LogP contribution in [0.4, 0.5) is 0 Å². The molecule has 2 aromatic heterocycles. The summed E-state index contributed by atoms with van der Waals surface area (Å²) in [6, 6.07) is 9.23. The number of nitrogens with zero attached hydrogens (tertiary/aromatic N) is 4. The molecule has 1 amide bonds. The number of H-pyrrole nitrogens is 1. The van der Waals surface area contributed by atoms with Crippen molar-refractivity contribution in [2.75, 3.05) is 19.7 Å². The number of aromatic amines is 1. The third kappa shape index (κ3) is 3.55. The van der Waals surface area contributed by atoms with Crippen LogP contribution in [-0.2, 0) is 18.9 Å². The Kier molecular flexibility index (Phi) is 4.96. The van der Waals surface area contributed by atoms with Gasteiger partial charge in [-0.15, -0.1) is 0 Å². The third-order valence-electron chi connectivity index (χ3n) is 5.38. The Hall–Kier alpha value is -3.36. The molecule has 0 spiro atoms. The van der Waals surface area contributed by atoms with Crippen LogP contribution in [-0.4, -0.2) is 49.6 Å². The lowest BCUT2D eigenvalue weighted by atomic mass is 9.97. The van der Waals surface area contributed by atoms with E-state index in [4.69, 9.17) is 4.74 Å². The molecule has 9 heteroatoms. The predicted octanol–water partition coefficient (Wildman–Crippen LogP) is 0.745.